The molecule has 0 saturated heterocycles. The van der Waals surface area contributed by atoms with Gasteiger partial charge in [-0.3, -0.25) is 0 Å². The summed E-state index contributed by atoms with van der Waals surface area (Å²) in [5.74, 6) is 0. The second-order valence-electron chi connectivity index (χ2n) is 4.03. The summed E-state index contributed by atoms with van der Waals surface area (Å²) in [5.41, 5.74) is 0. The largest absolute Gasteiger partial charge is 0.239 e. The summed E-state index contributed by atoms with van der Waals surface area (Å²) in [4.78, 5) is 0. The standard InChI is InChI=1S/C6H16Cl2Si2/c1-6(2,3)10(7,8)9(4)5/h9H,1-5H3. The Kier molecular flexibility index (Phi) is 3.49. The first-order valence-corrected chi connectivity index (χ1v) is 11.7. The molecule has 0 spiro atoms. The van der Waals surface area contributed by atoms with E-state index >= 15 is 0 Å². The van der Waals surface area contributed by atoms with Crippen LogP contribution in [0.25, 0.3) is 0 Å². The summed E-state index contributed by atoms with van der Waals surface area (Å²) < 4.78 is 0. The van der Waals surface area contributed by atoms with Gasteiger partial charge in [-0.05, 0) is 5.04 Å². The van der Waals surface area contributed by atoms with Gasteiger partial charge in [0.15, 0.2) is 0 Å². The van der Waals surface area contributed by atoms with Crippen LogP contribution < -0.4 is 0 Å². The SMILES string of the molecule is C[SiH](C)[Si](Cl)(Cl)C(C)(C)C. The first-order valence-electron chi connectivity index (χ1n) is 3.57. The predicted octanol–water partition coefficient (Wildman–Crippen LogP) is 3.27. The Hall–Kier alpha value is 1.01. The predicted molar refractivity (Wildman–Crippen MR) is 56.1 cm³/mol. The van der Waals surface area contributed by atoms with Gasteiger partial charge in [0.2, 0.25) is 6.21 Å². The van der Waals surface area contributed by atoms with Gasteiger partial charge in [-0.25, -0.2) is 0 Å². The van der Waals surface area contributed by atoms with Gasteiger partial charge in [-0.2, -0.15) is 0 Å². The molecule has 0 aromatic rings. The minimum Gasteiger partial charge on any atom is -0.150 e. The minimum absolute atomic E-state index is 0.149. The zero-order chi connectivity index (χ0) is 8.58. The van der Waals surface area contributed by atoms with Crippen molar-refractivity contribution < 1.29 is 0 Å². The molecule has 0 atom stereocenters. The molecule has 10 heavy (non-hydrogen) atoms. The Morgan fingerprint density at radius 2 is 1.40 bits per heavy atom. The van der Waals surface area contributed by atoms with Crippen LogP contribution in [-0.2, 0) is 0 Å². The van der Waals surface area contributed by atoms with Gasteiger partial charge < -0.3 is 0 Å². The first-order chi connectivity index (χ1) is 4.19. The molecule has 0 amide bonds. The highest BCUT2D eigenvalue weighted by Crippen LogP contribution is 2.43. The van der Waals surface area contributed by atoms with Crippen molar-refractivity contribution >= 4 is 36.7 Å². The van der Waals surface area contributed by atoms with E-state index in [2.05, 4.69) is 33.9 Å². The Morgan fingerprint density at radius 1 is 1.10 bits per heavy atom. The highest BCUT2D eigenvalue weighted by Gasteiger charge is 2.44. The van der Waals surface area contributed by atoms with Crippen LogP contribution in [-0.4, -0.2) is 14.5 Å². The third-order valence-corrected chi connectivity index (χ3v) is 23.4. The fourth-order valence-electron chi connectivity index (χ4n) is 0.866. The Morgan fingerprint density at radius 3 is 1.40 bits per heavy atom. The van der Waals surface area contributed by atoms with Crippen molar-refractivity contribution in [1.29, 1.82) is 0 Å². The van der Waals surface area contributed by atoms with Gasteiger partial charge in [-0.15, -0.1) is 22.2 Å². The maximum absolute atomic E-state index is 6.31. The van der Waals surface area contributed by atoms with Crippen molar-refractivity contribution in [3.05, 3.63) is 0 Å². The lowest BCUT2D eigenvalue weighted by Crippen LogP contribution is -2.44. The van der Waals surface area contributed by atoms with Crippen LogP contribution in [0.4, 0.5) is 0 Å². The highest BCUT2D eigenvalue weighted by molar-refractivity contribution is 7.71. The van der Waals surface area contributed by atoms with Crippen LogP contribution in [0.3, 0.4) is 0 Å². The molecule has 0 aromatic carbocycles. The third kappa shape index (κ3) is 2.26. The maximum atomic E-state index is 6.31. The third-order valence-electron chi connectivity index (χ3n) is 1.73. The van der Waals surface area contributed by atoms with Gasteiger partial charge in [0.1, 0.15) is 0 Å². The molecule has 0 radical (unpaired) electrons. The summed E-state index contributed by atoms with van der Waals surface area (Å²) in [6.45, 7) is 10.9. The van der Waals surface area contributed by atoms with Crippen LogP contribution in [0.1, 0.15) is 20.8 Å². The zero-order valence-electron chi connectivity index (χ0n) is 7.33. The lowest BCUT2D eigenvalue weighted by molar-refractivity contribution is 0.752. The smallest absolute Gasteiger partial charge is 0.150 e. The van der Waals surface area contributed by atoms with Crippen molar-refractivity contribution in [2.24, 2.45) is 0 Å². The topological polar surface area (TPSA) is 0 Å². The molecule has 0 unspecified atom stereocenters. The zero-order valence-corrected chi connectivity index (χ0v) is 11.0. The van der Waals surface area contributed by atoms with E-state index in [-0.39, 0.29) is 5.04 Å². The Labute approximate surface area is 75.7 Å². The average molecular weight is 215 g/mol. The second kappa shape index (κ2) is 3.17. The van der Waals surface area contributed by atoms with Crippen molar-refractivity contribution in [2.45, 2.75) is 38.9 Å². The van der Waals surface area contributed by atoms with Crippen LogP contribution in [0.15, 0.2) is 0 Å². The van der Waals surface area contributed by atoms with Gasteiger partial charge in [0.25, 0.3) is 0 Å². The molecule has 62 valence electrons. The van der Waals surface area contributed by atoms with Crippen LogP contribution >= 0.6 is 22.2 Å². The molecule has 0 aliphatic heterocycles. The lowest BCUT2D eigenvalue weighted by Gasteiger charge is -2.33. The monoisotopic (exact) mass is 214 g/mol. The first kappa shape index (κ1) is 11.0. The molecular weight excluding hydrogens is 199 g/mol. The van der Waals surface area contributed by atoms with Crippen molar-refractivity contribution in [1.82, 2.24) is 0 Å². The molecule has 0 aromatic heterocycles. The normalized spacial score (nSPS) is 14.4. The van der Waals surface area contributed by atoms with E-state index in [1.165, 1.54) is 0 Å². The number of hydrogen-bond donors (Lipinski definition) is 0. The average Bonchev–Trinajstić information content (AvgIpc) is 1.62. The quantitative estimate of drug-likeness (QED) is 0.465. The van der Waals surface area contributed by atoms with Crippen molar-refractivity contribution in [3.63, 3.8) is 0 Å². The van der Waals surface area contributed by atoms with Crippen molar-refractivity contribution in [2.75, 3.05) is 0 Å². The van der Waals surface area contributed by atoms with Crippen LogP contribution in [0.5, 0.6) is 0 Å². The number of hydrogen-bond acceptors (Lipinski definition) is 0. The van der Waals surface area contributed by atoms with Crippen LogP contribution in [0.2, 0.25) is 18.1 Å². The summed E-state index contributed by atoms with van der Waals surface area (Å²) in [6, 6.07) is 0. The van der Waals surface area contributed by atoms with Gasteiger partial charge in [0.05, 0.1) is 8.31 Å². The molecule has 0 heterocycles. The fraction of sp³-hybridized carbons (Fsp3) is 1.00. The second-order valence-corrected chi connectivity index (χ2v) is 21.5. The molecular formula is C6H16Cl2Si2. The number of halogens is 2. The van der Waals surface area contributed by atoms with Gasteiger partial charge >= 0.3 is 0 Å². The molecule has 0 bridgehead atoms. The van der Waals surface area contributed by atoms with E-state index in [1.807, 2.05) is 0 Å². The van der Waals surface area contributed by atoms with E-state index in [0.717, 1.165) is 0 Å². The summed E-state index contributed by atoms with van der Waals surface area (Å²) in [7, 11) is -0.835. The van der Waals surface area contributed by atoms with Gasteiger partial charge in [0, 0.05) is 0 Å². The summed E-state index contributed by atoms with van der Waals surface area (Å²) in [6.07, 6.45) is -1.90. The van der Waals surface area contributed by atoms with Crippen LogP contribution in [0, 0.1) is 0 Å². The molecule has 0 aliphatic carbocycles. The molecule has 0 fully saturated rings. The van der Waals surface area contributed by atoms with E-state index in [4.69, 9.17) is 22.2 Å². The number of rotatable bonds is 1. The Bertz CT molecular complexity index is 115. The minimum atomic E-state index is -1.90. The van der Waals surface area contributed by atoms with E-state index in [9.17, 15) is 0 Å². The molecule has 0 aliphatic rings. The van der Waals surface area contributed by atoms with E-state index in [0.29, 0.717) is 0 Å². The van der Waals surface area contributed by atoms with E-state index in [1.54, 1.807) is 0 Å². The molecule has 0 N–H and O–H groups in total. The van der Waals surface area contributed by atoms with Gasteiger partial charge in [-0.1, -0.05) is 33.9 Å². The fourth-order valence-corrected chi connectivity index (χ4v) is 7.79. The lowest BCUT2D eigenvalue weighted by atomic mass is 10.3. The van der Waals surface area contributed by atoms with Crippen molar-refractivity contribution in [3.8, 4) is 0 Å². The highest BCUT2D eigenvalue weighted by atomic mass is 35.7. The van der Waals surface area contributed by atoms with E-state index < -0.39 is 14.5 Å². The molecule has 0 saturated carbocycles. The maximum Gasteiger partial charge on any atom is 0.239 e. The molecule has 0 nitrogen and oxygen atoms in total. The summed E-state index contributed by atoms with van der Waals surface area (Å²) >= 11 is 12.6. The summed E-state index contributed by atoms with van der Waals surface area (Å²) in [5, 5.41) is 0.149. The Balaban J connectivity index is 4.40. The molecule has 0 rings (SSSR count). The molecule has 4 heteroatoms.